The van der Waals surface area contributed by atoms with Crippen molar-refractivity contribution in [2.75, 3.05) is 0 Å². The first-order valence-corrected chi connectivity index (χ1v) is 16.2. The summed E-state index contributed by atoms with van der Waals surface area (Å²) in [5, 5.41) is 5.01. The van der Waals surface area contributed by atoms with Gasteiger partial charge in [-0.3, -0.25) is 0 Å². The van der Waals surface area contributed by atoms with Crippen molar-refractivity contribution in [3.05, 3.63) is 169 Å². The number of benzene rings is 7. The van der Waals surface area contributed by atoms with Crippen molar-refractivity contribution in [1.29, 1.82) is 0 Å². The maximum absolute atomic E-state index is 6.39. The lowest BCUT2D eigenvalue weighted by atomic mass is 9.91. The first-order valence-electron chi connectivity index (χ1n) is 16.2. The van der Waals surface area contributed by atoms with Gasteiger partial charge in [-0.05, 0) is 77.7 Å². The number of aromatic nitrogens is 2. The molecular weight excluding hydrogens is 571 g/mol. The fourth-order valence-electron chi connectivity index (χ4n) is 7.41. The molecule has 0 aliphatic heterocycles. The number of nitrogens with zero attached hydrogens (tertiary/aromatic N) is 2. The molecule has 0 fully saturated rings. The first-order chi connectivity index (χ1) is 23.2. The summed E-state index contributed by atoms with van der Waals surface area (Å²) in [7, 11) is 0. The average molecular weight is 604 g/mol. The van der Waals surface area contributed by atoms with E-state index in [1.807, 2.05) is 6.92 Å². The van der Waals surface area contributed by atoms with Crippen LogP contribution in [0.4, 0.5) is 0 Å². The number of fused-ring (bicyclic) bond motifs is 6. The fourth-order valence-corrected chi connectivity index (χ4v) is 7.41. The molecule has 1 atom stereocenters. The molecule has 2 heterocycles. The van der Waals surface area contributed by atoms with Gasteiger partial charge in [-0.2, -0.15) is 0 Å². The molecule has 9 rings (SSSR count). The van der Waals surface area contributed by atoms with Crippen molar-refractivity contribution in [2.24, 2.45) is 5.73 Å². The minimum atomic E-state index is -0.0554. The SMILES string of the molecule is CC(N)c1cccc(-c2ccc(-n3c4ccccc4c4ccccc43)cc2-c2ccccc2-n2c3ccccc3c3ccccc32)c1. The first kappa shape index (κ1) is 27.4. The van der Waals surface area contributed by atoms with E-state index in [1.54, 1.807) is 0 Å². The minimum absolute atomic E-state index is 0.0554. The summed E-state index contributed by atoms with van der Waals surface area (Å²) in [5.74, 6) is 0. The molecule has 0 aliphatic rings. The van der Waals surface area contributed by atoms with Crippen LogP contribution in [-0.4, -0.2) is 9.13 Å². The van der Waals surface area contributed by atoms with Gasteiger partial charge in [0.25, 0.3) is 0 Å². The van der Waals surface area contributed by atoms with Crippen LogP contribution in [0.5, 0.6) is 0 Å². The second-order valence-corrected chi connectivity index (χ2v) is 12.4. The molecule has 3 heteroatoms. The Kier molecular flexibility index (Phi) is 6.34. The Bertz CT molecular complexity index is 2510. The number of nitrogens with two attached hydrogens (primary N) is 1. The molecule has 0 aliphatic carbocycles. The van der Waals surface area contributed by atoms with Crippen molar-refractivity contribution >= 4 is 43.6 Å². The van der Waals surface area contributed by atoms with E-state index in [2.05, 4.69) is 173 Å². The third kappa shape index (κ3) is 4.32. The summed E-state index contributed by atoms with van der Waals surface area (Å²) in [6, 6.07) is 59.2. The Morgan fingerprint density at radius 2 is 0.936 bits per heavy atom. The molecule has 7 aromatic carbocycles. The van der Waals surface area contributed by atoms with Crippen LogP contribution in [0.1, 0.15) is 18.5 Å². The van der Waals surface area contributed by atoms with E-state index in [0.717, 1.165) is 22.5 Å². The average Bonchev–Trinajstić information content (AvgIpc) is 3.65. The summed E-state index contributed by atoms with van der Waals surface area (Å²) in [4.78, 5) is 0. The largest absolute Gasteiger partial charge is 0.324 e. The Morgan fingerprint density at radius 3 is 1.51 bits per heavy atom. The van der Waals surface area contributed by atoms with Gasteiger partial charge in [0.15, 0.2) is 0 Å². The third-order valence-electron chi connectivity index (χ3n) is 9.58. The zero-order valence-electron chi connectivity index (χ0n) is 26.1. The van der Waals surface area contributed by atoms with Crippen LogP contribution in [0.25, 0.3) is 77.2 Å². The maximum Gasteiger partial charge on any atom is 0.0541 e. The molecular formula is C44H33N3. The van der Waals surface area contributed by atoms with Gasteiger partial charge < -0.3 is 14.9 Å². The highest BCUT2D eigenvalue weighted by Gasteiger charge is 2.19. The van der Waals surface area contributed by atoms with Gasteiger partial charge in [-0.25, -0.2) is 0 Å². The monoisotopic (exact) mass is 603 g/mol. The molecule has 0 saturated heterocycles. The van der Waals surface area contributed by atoms with E-state index in [0.29, 0.717) is 0 Å². The fraction of sp³-hybridized carbons (Fsp3) is 0.0455. The van der Waals surface area contributed by atoms with Crippen molar-refractivity contribution < 1.29 is 0 Å². The Balaban J connectivity index is 1.37. The van der Waals surface area contributed by atoms with E-state index in [-0.39, 0.29) is 6.04 Å². The molecule has 47 heavy (non-hydrogen) atoms. The summed E-state index contributed by atoms with van der Waals surface area (Å²) in [5.41, 5.74) is 19.2. The molecule has 0 amide bonds. The summed E-state index contributed by atoms with van der Waals surface area (Å²) < 4.78 is 4.83. The lowest BCUT2D eigenvalue weighted by Crippen LogP contribution is -2.05. The summed E-state index contributed by atoms with van der Waals surface area (Å²) in [6.07, 6.45) is 0. The Labute approximate surface area is 273 Å². The van der Waals surface area contributed by atoms with Crippen LogP contribution in [0, 0.1) is 0 Å². The highest BCUT2D eigenvalue weighted by Crippen LogP contribution is 2.42. The summed E-state index contributed by atoms with van der Waals surface area (Å²) >= 11 is 0. The summed E-state index contributed by atoms with van der Waals surface area (Å²) in [6.45, 7) is 2.04. The predicted octanol–water partition coefficient (Wildman–Crippen LogP) is 11.2. The van der Waals surface area contributed by atoms with Gasteiger partial charge in [0.05, 0.1) is 27.8 Å². The van der Waals surface area contributed by atoms with Gasteiger partial charge >= 0.3 is 0 Å². The molecule has 3 nitrogen and oxygen atoms in total. The molecule has 1 unspecified atom stereocenters. The van der Waals surface area contributed by atoms with Crippen LogP contribution in [-0.2, 0) is 0 Å². The predicted molar refractivity (Wildman–Crippen MR) is 199 cm³/mol. The molecule has 0 saturated carbocycles. The number of rotatable bonds is 5. The standard InChI is InChI=1S/C44H33N3/c1-29(45)30-13-12-14-31(27-30)33-26-25-32(46-40-20-7-2-15-34(40)35-16-3-8-21-41(35)46)28-39(33)38-19-6-11-24-44(38)47-42-22-9-4-17-36(42)37-18-5-10-23-43(37)47/h2-29H,45H2,1H3. The van der Waals surface area contributed by atoms with E-state index < -0.39 is 0 Å². The molecule has 9 aromatic rings. The minimum Gasteiger partial charge on any atom is -0.324 e. The van der Waals surface area contributed by atoms with E-state index in [9.17, 15) is 0 Å². The van der Waals surface area contributed by atoms with Crippen LogP contribution in [0.15, 0.2) is 164 Å². The van der Waals surface area contributed by atoms with Crippen molar-refractivity contribution in [3.63, 3.8) is 0 Å². The van der Waals surface area contributed by atoms with Gasteiger partial charge in [-0.15, -0.1) is 0 Å². The molecule has 224 valence electrons. The third-order valence-corrected chi connectivity index (χ3v) is 9.58. The number of para-hydroxylation sites is 5. The smallest absolute Gasteiger partial charge is 0.0541 e. The highest BCUT2D eigenvalue weighted by molar-refractivity contribution is 6.11. The van der Waals surface area contributed by atoms with Crippen molar-refractivity contribution in [3.8, 4) is 33.6 Å². The van der Waals surface area contributed by atoms with E-state index in [1.165, 1.54) is 60.3 Å². The van der Waals surface area contributed by atoms with Crippen LogP contribution >= 0.6 is 0 Å². The van der Waals surface area contributed by atoms with E-state index in [4.69, 9.17) is 5.73 Å². The van der Waals surface area contributed by atoms with Gasteiger partial charge in [-0.1, -0.05) is 115 Å². The lowest BCUT2D eigenvalue weighted by Gasteiger charge is -2.19. The molecule has 2 N–H and O–H groups in total. The van der Waals surface area contributed by atoms with Crippen LogP contribution in [0.2, 0.25) is 0 Å². The van der Waals surface area contributed by atoms with Crippen molar-refractivity contribution in [1.82, 2.24) is 9.13 Å². The van der Waals surface area contributed by atoms with Gasteiger partial charge in [0.1, 0.15) is 0 Å². The number of hydrogen-bond acceptors (Lipinski definition) is 1. The Hall–Kier alpha value is -5.90. The van der Waals surface area contributed by atoms with Crippen LogP contribution in [0.3, 0.4) is 0 Å². The highest BCUT2D eigenvalue weighted by atomic mass is 15.0. The normalized spacial score (nSPS) is 12.4. The molecule has 0 spiro atoms. The molecule has 0 bridgehead atoms. The maximum atomic E-state index is 6.39. The second kappa shape index (κ2) is 10.9. The van der Waals surface area contributed by atoms with Crippen molar-refractivity contribution in [2.45, 2.75) is 13.0 Å². The zero-order chi connectivity index (χ0) is 31.5. The van der Waals surface area contributed by atoms with Gasteiger partial charge in [0, 0.05) is 38.8 Å². The topological polar surface area (TPSA) is 35.9 Å². The van der Waals surface area contributed by atoms with Crippen LogP contribution < -0.4 is 5.73 Å². The number of hydrogen-bond donors (Lipinski definition) is 1. The van der Waals surface area contributed by atoms with E-state index >= 15 is 0 Å². The lowest BCUT2D eigenvalue weighted by molar-refractivity contribution is 0.819. The Morgan fingerprint density at radius 1 is 0.426 bits per heavy atom. The quantitative estimate of drug-likeness (QED) is 0.209. The zero-order valence-corrected chi connectivity index (χ0v) is 26.1. The van der Waals surface area contributed by atoms with Gasteiger partial charge in [0.2, 0.25) is 0 Å². The molecule has 0 radical (unpaired) electrons. The molecule has 2 aromatic heterocycles. The second-order valence-electron chi connectivity index (χ2n) is 12.4.